The number of fused-ring (bicyclic) bond motifs is 1. The first-order valence-corrected chi connectivity index (χ1v) is 9.14. The summed E-state index contributed by atoms with van der Waals surface area (Å²) in [5, 5.41) is 4.39. The quantitative estimate of drug-likeness (QED) is 0.536. The molecular formula is C19H15ClN4S. The van der Waals surface area contributed by atoms with Crippen molar-refractivity contribution in [2.75, 3.05) is 11.9 Å². The van der Waals surface area contributed by atoms with Crippen LogP contribution < -0.4 is 5.32 Å². The van der Waals surface area contributed by atoms with Crippen molar-refractivity contribution >= 4 is 39.0 Å². The Hall–Kier alpha value is -2.50. The molecule has 0 fully saturated rings. The molecule has 0 saturated heterocycles. The largest absolute Gasteiger partial charge is 0.369 e. The average molecular weight is 367 g/mol. The van der Waals surface area contributed by atoms with Gasteiger partial charge < -0.3 is 5.32 Å². The molecule has 0 saturated carbocycles. The molecule has 1 N–H and O–H groups in total. The summed E-state index contributed by atoms with van der Waals surface area (Å²) in [6.45, 7) is 0.788. The van der Waals surface area contributed by atoms with Crippen molar-refractivity contribution in [3.05, 3.63) is 70.8 Å². The summed E-state index contributed by atoms with van der Waals surface area (Å²) in [5.41, 5.74) is 2.18. The number of thiophene rings is 1. The lowest BCUT2D eigenvalue weighted by atomic mass is 10.1. The molecule has 0 radical (unpaired) electrons. The second-order valence-corrected chi connectivity index (χ2v) is 7.23. The standard InChI is InChI=1S/C19H15ClN4S/c20-16-11-15-18(22-10-8-13-5-2-1-3-6-13)23-17(24-19(15)25-16)14-7-4-9-21-12-14/h1-7,9,11-12H,8,10H2,(H,22,23,24). The fraction of sp³-hybridized carbons (Fsp3) is 0.105. The SMILES string of the molecule is Clc1cc2c(NCCc3ccccc3)nc(-c3cccnc3)nc2s1. The molecule has 25 heavy (non-hydrogen) atoms. The van der Waals surface area contributed by atoms with Crippen LogP contribution in [0.4, 0.5) is 5.82 Å². The number of halogens is 1. The van der Waals surface area contributed by atoms with Crippen molar-refractivity contribution in [3.8, 4) is 11.4 Å². The molecule has 0 aliphatic rings. The Morgan fingerprint density at radius 3 is 2.72 bits per heavy atom. The Bertz CT molecular complexity index is 986. The minimum Gasteiger partial charge on any atom is -0.369 e. The van der Waals surface area contributed by atoms with Crippen LogP contribution in [0.25, 0.3) is 21.6 Å². The summed E-state index contributed by atoms with van der Waals surface area (Å²) in [6, 6.07) is 16.1. The Labute approximate surface area is 154 Å². The number of hydrogen-bond acceptors (Lipinski definition) is 5. The zero-order valence-electron chi connectivity index (χ0n) is 13.3. The van der Waals surface area contributed by atoms with Crippen LogP contribution >= 0.6 is 22.9 Å². The first kappa shape index (κ1) is 16.0. The van der Waals surface area contributed by atoms with Crippen LogP contribution in [0.5, 0.6) is 0 Å². The summed E-state index contributed by atoms with van der Waals surface area (Å²) in [4.78, 5) is 14.4. The molecule has 0 unspecified atom stereocenters. The van der Waals surface area contributed by atoms with E-state index in [2.05, 4.69) is 39.6 Å². The van der Waals surface area contributed by atoms with Crippen LogP contribution in [-0.4, -0.2) is 21.5 Å². The van der Waals surface area contributed by atoms with Crippen LogP contribution in [-0.2, 0) is 6.42 Å². The highest BCUT2D eigenvalue weighted by Gasteiger charge is 2.12. The summed E-state index contributed by atoms with van der Waals surface area (Å²) < 4.78 is 0.707. The molecule has 0 aliphatic heterocycles. The molecule has 4 aromatic rings. The van der Waals surface area contributed by atoms with Crippen molar-refractivity contribution in [2.24, 2.45) is 0 Å². The molecule has 0 atom stereocenters. The second kappa shape index (κ2) is 7.17. The van der Waals surface area contributed by atoms with E-state index in [1.54, 1.807) is 12.4 Å². The number of hydrogen-bond donors (Lipinski definition) is 1. The van der Waals surface area contributed by atoms with E-state index in [0.29, 0.717) is 10.2 Å². The third-order valence-corrected chi connectivity index (χ3v) is 4.99. The molecular weight excluding hydrogens is 352 g/mol. The number of anilines is 1. The van der Waals surface area contributed by atoms with E-state index in [1.165, 1.54) is 16.9 Å². The normalized spacial score (nSPS) is 10.9. The topological polar surface area (TPSA) is 50.7 Å². The third-order valence-electron chi connectivity index (χ3n) is 3.83. The number of benzene rings is 1. The van der Waals surface area contributed by atoms with Gasteiger partial charge in [-0.05, 0) is 30.2 Å². The molecule has 6 heteroatoms. The van der Waals surface area contributed by atoms with Crippen molar-refractivity contribution in [2.45, 2.75) is 6.42 Å². The Morgan fingerprint density at radius 2 is 1.92 bits per heavy atom. The van der Waals surface area contributed by atoms with Crippen molar-refractivity contribution < 1.29 is 0 Å². The van der Waals surface area contributed by atoms with Crippen LogP contribution in [0.15, 0.2) is 60.9 Å². The number of rotatable bonds is 5. The van der Waals surface area contributed by atoms with E-state index in [4.69, 9.17) is 16.6 Å². The molecule has 4 rings (SSSR count). The molecule has 0 spiro atoms. The highest BCUT2D eigenvalue weighted by molar-refractivity contribution is 7.22. The Kier molecular flexibility index (Phi) is 4.59. The van der Waals surface area contributed by atoms with E-state index in [-0.39, 0.29) is 0 Å². The smallest absolute Gasteiger partial charge is 0.164 e. The maximum Gasteiger partial charge on any atom is 0.164 e. The van der Waals surface area contributed by atoms with Crippen molar-refractivity contribution in [3.63, 3.8) is 0 Å². The van der Waals surface area contributed by atoms with Gasteiger partial charge in [0.2, 0.25) is 0 Å². The van der Waals surface area contributed by atoms with Gasteiger partial charge in [-0.25, -0.2) is 9.97 Å². The molecule has 124 valence electrons. The van der Waals surface area contributed by atoms with Gasteiger partial charge in [0, 0.05) is 24.5 Å². The molecule has 3 heterocycles. The average Bonchev–Trinajstić information content (AvgIpc) is 3.03. The first-order valence-electron chi connectivity index (χ1n) is 7.95. The summed E-state index contributed by atoms with van der Waals surface area (Å²) in [5.74, 6) is 1.46. The zero-order valence-corrected chi connectivity index (χ0v) is 14.9. The highest BCUT2D eigenvalue weighted by Crippen LogP contribution is 2.33. The van der Waals surface area contributed by atoms with E-state index in [9.17, 15) is 0 Å². The van der Waals surface area contributed by atoms with Crippen molar-refractivity contribution in [1.82, 2.24) is 15.0 Å². The van der Waals surface area contributed by atoms with Gasteiger partial charge in [0.25, 0.3) is 0 Å². The van der Waals surface area contributed by atoms with E-state index in [1.807, 2.05) is 24.3 Å². The Balaban J connectivity index is 1.64. The van der Waals surface area contributed by atoms with Crippen LogP contribution in [0.2, 0.25) is 4.34 Å². The predicted octanol–water partition coefficient (Wildman–Crippen LogP) is 5.06. The number of nitrogens with zero attached hydrogens (tertiary/aromatic N) is 3. The molecule has 0 bridgehead atoms. The van der Waals surface area contributed by atoms with E-state index >= 15 is 0 Å². The van der Waals surface area contributed by atoms with Gasteiger partial charge in [-0.15, -0.1) is 11.3 Å². The number of nitrogens with one attached hydrogen (secondary N) is 1. The predicted molar refractivity (Wildman–Crippen MR) is 104 cm³/mol. The van der Waals surface area contributed by atoms with Gasteiger partial charge in [-0.3, -0.25) is 4.98 Å². The summed E-state index contributed by atoms with van der Waals surface area (Å²) in [7, 11) is 0. The fourth-order valence-corrected chi connectivity index (χ4v) is 3.71. The number of pyridine rings is 1. The molecule has 0 aliphatic carbocycles. The van der Waals surface area contributed by atoms with Crippen molar-refractivity contribution in [1.29, 1.82) is 0 Å². The first-order chi connectivity index (χ1) is 12.3. The van der Waals surface area contributed by atoms with Crippen LogP contribution in [0, 0.1) is 0 Å². The van der Waals surface area contributed by atoms with Gasteiger partial charge in [0.1, 0.15) is 10.6 Å². The van der Waals surface area contributed by atoms with Gasteiger partial charge >= 0.3 is 0 Å². The highest BCUT2D eigenvalue weighted by atomic mass is 35.5. The monoisotopic (exact) mass is 366 g/mol. The van der Waals surface area contributed by atoms with Gasteiger partial charge in [0.05, 0.1) is 9.72 Å². The van der Waals surface area contributed by atoms with Gasteiger partial charge in [-0.1, -0.05) is 41.9 Å². The molecule has 0 amide bonds. The molecule has 4 nitrogen and oxygen atoms in total. The van der Waals surface area contributed by atoms with E-state index < -0.39 is 0 Å². The van der Waals surface area contributed by atoms with Gasteiger partial charge in [-0.2, -0.15) is 0 Å². The minimum atomic E-state index is 0.654. The second-order valence-electron chi connectivity index (χ2n) is 5.57. The minimum absolute atomic E-state index is 0.654. The molecule has 1 aromatic carbocycles. The van der Waals surface area contributed by atoms with E-state index in [0.717, 1.165) is 34.6 Å². The van der Waals surface area contributed by atoms with Gasteiger partial charge in [0.15, 0.2) is 5.82 Å². The maximum absolute atomic E-state index is 6.19. The van der Waals surface area contributed by atoms with Crippen LogP contribution in [0.1, 0.15) is 5.56 Å². The zero-order chi connectivity index (χ0) is 17.1. The number of aromatic nitrogens is 3. The Morgan fingerprint density at radius 1 is 1.04 bits per heavy atom. The summed E-state index contributed by atoms with van der Waals surface area (Å²) >= 11 is 7.65. The fourth-order valence-electron chi connectivity index (χ4n) is 2.62. The third kappa shape index (κ3) is 3.62. The lowest BCUT2D eigenvalue weighted by molar-refractivity contribution is 1.01. The lowest BCUT2D eigenvalue weighted by Gasteiger charge is -2.09. The maximum atomic E-state index is 6.19. The summed E-state index contributed by atoms with van der Waals surface area (Å²) in [6.07, 6.45) is 4.43. The lowest BCUT2D eigenvalue weighted by Crippen LogP contribution is -2.07. The van der Waals surface area contributed by atoms with Crippen LogP contribution in [0.3, 0.4) is 0 Å². The molecule has 3 aromatic heterocycles.